The zero-order valence-electron chi connectivity index (χ0n) is 13.1. The Morgan fingerprint density at radius 1 is 1.41 bits per heavy atom. The van der Waals surface area contributed by atoms with Gasteiger partial charge in [0.25, 0.3) is 0 Å². The number of aryl methyl sites for hydroxylation is 2. The third-order valence-corrected chi connectivity index (χ3v) is 3.36. The van der Waals surface area contributed by atoms with Crippen LogP contribution in [0.3, 0.4) is 0 Å². The van der Waals surface area contributed by atoms with Gasteiger partial charge in [-0.05, 0) is 33.8 Å². The number of hydrogen-bond donors (Lipinski definition) is 0. The Morgan fingerprint density at radius 3 is 2.41 bits per heavy atom. The van der Waals surface area contributed by atoms with Crippen LogP contribution in [0.4, 0.5) is 0 Å². The highest BCUT2D eigenvalue weighted by Crippen LogP contribution is 2.30. The molecule has 0 bridgehead atoms. The van der Waals surface area contributed by atoms with E-state index in [1.165, 1.54) is 11.6 Å². The molecule has 7 nitrogen and oxygen atoms in total. The first-order chi connectivity index (χ1) is 10.3. The molecule has 0 spiro atoms. The molecule has 7 heteroatoms. The summed E-state index contributed by atoms with van der Waals surface area (Å²) in [5, 5.41) is 22.5. The summed E-state index contributed by atoms with van der Waals surface area (Å²) in [5.74, 6) is -2.36. The molecule has 1 heterocycles. The number of carbonyl (C=O) groups is 2. The molecule has 0 amide bonds. The van der Waals surface area contributed by atoms with Crippen LogP contribution in [-0.2, 0) is 9.53 Å². The Balaban J connectivity index is 3.12. The quantitative estimate of drug-likeness (QED) is 0.767. The fourth-order valence-corrected chi connectivity index (χ4v) is 2.09. The van der Waals surface area contributed by atoms with Gasteiger partial charge in [-0.15, -0.1) is 0 Å². The van der Waals surface area contributed by atoms with E-state index in [0.29, 0.717) is 11.4 Å². The van der Waals surface area contributed by atoms with Crippen LogP contribution in [0, 0.1) is 47.8 Å². The lowest BCUT2D eigenvalue weighted by Gasteiger charge is -2.23. The predicted molar refractivity (Wildman–Crippen MR) is 76.4 cm³/mol. The van der Waals surface area contributed by atoms with Gasteiger partial charge in [-0.1, -0.05) is 0 Å². The van der Waals surface area contributed by atoms with E-state index >= 15 is 0 Å². The van der Waals surface area contributed by atoms with Gasteiger partial charge in [0, 0.05) is 12.1 Å². The average Bonchev–Trinajstić information content (AvgIpc) is 2.82. The average molecular weight is 302 g/mol. The molecule has 22 heavy (non-hydrogen) atoms. The topological polar surface area (TPSA) is 109 Å². The number of ether oxygens (including phenoxy) is 1. The van der Waals surface area contributed by atoms with Crippen molar-refractivity contribution in [2.24, 2.45) is 11.3 Å². The van der Waals surface area contributed by atoms with Gasteiger partial charge < -0.3 is 4.74 Å². The minimum absolute atomic E-state index is 0.108. The van der Waals surface area contributed by atoms with Gasteiger partial charge in [-0.2, -0.15) is 15.6 Å². The Morgan fingerprint density at radius 2 is 2.00 bits per heavy atom. The van der Waals surface area contributed by atoms with E-state index in [9.17, 15) is 20.1 Å². The van der Waals surface area contributed by atoms with Crippen molar-refractivity contribution < 1.29 is 14.3 Å². The van der Waals surface area contributed by atoms with Gasteiger partial charge in [-0.3, -0.25) is 9.59 Å². The smallest absolute Gasteiger partial charge is 0.312 e. The minimum Gasteiger partial charge on any atom is -0.466 e. The van der Waals surface area contributed by atoms with Gasteiger partial charge >= 0.3 is 5.97 Å². The zero-order valence-corrected chi connectivity index (χ0v) is 13.1. The third-order valence-electron chi connectivity index (χ3n) is 3.36. The first-order valence-electron chi connectivity index (χ1n) is 6.84. The molecule has 0 aliphatic rings. The third kappa shape index (κ3) is 3.50. The van der Waals surface area contributed by atoms with Gasteiger partial charge in [0.15, 0.2) is 5.41 Å². The Labute approximate surface area is 129 Å². The molecule has 1 rings (SSSR count). The van der Waals surface area contributed by atoms with Crippen molar-refractivity contribution >= 4 is 11.9 Å². The molecular formula is C15H18N4O3. The molecule has 116 valence electrons. The van der Waals surface area contributed by atoms with E-state index in [1.54, 1.807) is 39.0 Å². The van der Waals surface area contributed by atoms with Crippen LogP contribution < -0.4 is 0 Å². The number of rotatable bonds is 5. The van der Waals surface area contributed by atoms with Crippen LogP contribution in [0.25, 0.3) is 0 Å². The predicted octanol–water partition coefficient (Wildman–Crippen LogP) is 1.76. The summed E-state index contributed by atoms with van der Waals surface area (Å²) >= 11 is 0. The Bertz CT molecular complexity index is 649. The second kappa shape index (κ2) is 6.86. The second-order valence-corrected chi connectivity index (χ2v) is 5.17. The largest absolute Gasteiger partial charge is 0.466 e. The van der Waals surface area contributed by atoms with E-state index in [1.807, 2.05) is 0 Å². The van der Waals surface area contributed by atoms with Crippen molar-refractivity contribution in [3.05, 3.63) is 17.5 Å². The molecule has 0 saturated heterocycles. The van der Waals surface area contributed by atoms with Crippen LogP contribution in [0.1, 0.15) is 36.5 Å². The van der Waals surface area contributed by atoms with E-state index < -0.39 is 23.2 Å². The summed E-state index contributed by atoms with van der Waals surface area (Å²) in [4.78, 5) is 24.4. The van der Waals surface area contributed by atoms with Crippen molar-refractivity contribution in [3.63, 3.8) is 0 Å². The highest BCUT2D eigenvalue weighted by molar-refractivity contribution is 5.85. The fourth-order valence-electron chi connectivity index (χ4n) is 2.09. The first-order valence-corrected chi connectivity index (χ1v) is 6.84. The summed E-state index contributed by atoms with van der Waals surface area (Å²) in [5.41, 5.74) is -0.347. The first kappa shape index (κ1) is 17.4. The molecule has 0 saturated carbocycles. The molecule has 0 aromatic carbocycles. The van der Waals surface area contributed by atoms with Crippen molar-refractivity contribution in [3.8, 4) is 12.1 Å². The van der Waals surface area contributed by atoms with Crippen LogP contribution in [0.5, 0.6) is 0 Å². The number of aromatic nitrogens is 2. The highest BCUT2D eigenvalue weighted by atomic mass is 16.5. The van der Waals surface area contributed by atoms with E-state index in [4.69, 9.17) is 4.74 Å². The second-order valence-electron chi connectivity index (χ2n) is 5.17. The van der Waals surface area contributed by atoms with Crippen LogP contribution in [0.2, 0.25) is 0 Å². The maximum atomic E-state index is 12.4. The van der Waals surface area contributed by atoms with Crippen molar-refractivity contribution in [2.75, 3.05) is 6.61 Å². The van der Waals surface area contributed by atoms with Gasteiger partial charge in [0.05, 0.1) is 30.4 Å². The van der Waals surface area contributed by atoms with E-state index in [-0.39, 0.29) is 13.0 Å². The Hall–Kier alpha value is -2.67. The molecule has 1 aromatic rings. The van der Waals surface area contributed by atoms with E-state index in [0.717, 1.165) is 0 Å². The lowest BCUT2D eigenvalue weighted by atomic mass is 9.77. The zero-order chi connectivity index (χ0) is 16.9. The minimum atomic E-state index is -1.64. The molecule has 0 aliphatic heterocycles. The van der Waals surface area contributed by atoms with Crippen molar-refractivity contribution in [1.82, 2.24) is 9.78 Å². The lowest BCUT2D eigenvalue weighted by Crippen LogP contribution is -2.36. The van der Waals surface area contributed by atoms with Gasteiger partial charge in [0.2, 0.25) is 5.91 Å². The summed E-state index contributed by atoms with van der Waals surface area (Å²) in [6, 6.07) is 5.33. The molecule has 1 atom stereocenters. The van der Waals surface area contributed by atoms with Crippen LogP contribution in [-0.4, -0.2) is 28.3 Å². The summed E-state index contributed by atoms with van der Waals surface area (Å²) in [6.07, 6.45) is -0.321. The summed E-state index contributed by atoms with van der Waals surface area (Å²) in [6.45, 7) is 6.51. The standard InChI is InChI=1S/C15H18N4O3/c1-5-22-14(21)12(15(4,8-16)9-17)7-13(20)19-11(3)6-10(2)18-19/h6,12H,5,7H2,1-4H3/t12-/m0/s1. The SMILES string of the molecule is CCOC(=O)[C@H](CC(=O)n1nc(C)cc1C)C(C)(C#N)C#N. The number of hydrogen-bond acceptors (Lipinski definition) is 6. The molecule has 0 N–H and O–H groups in total. The summed E-state index contributed by atoms with van der Waals surface area (Å²) in [7, 11) is 0. The fraction of sp³-hybridized carbons (Fsp3) is 0.533. The number of carbonyl (C=O) groups excluding carboxylic acids is 2. The van der Waals surface area contributed by atoms with Crippen molar-refractivity contribution in [1.29, 1.82) is 10.5 Å². The Kier molecular flexibility index (Phi) is 5.42. The monoisotopic (exact) mass is 302 g/mol. The lowest BCUT2D eigenvalue weighted by molar-refractivity contribution is -0.150. The maximum absolute atomic E-state index is 12.4. The maximum Gasteiger partial charge on any atom is 0.312 e. The number of nitriles is 2. The molecule has 0 radical (unpaired) electrons. The van der Waals surface area contributed by atoms with Crippen LogP contribution >= 0.6 is 0 Å². The van der Waals surface area contributed by atoms with E-state index in [2.05, 4.69) is 5.10 Å². The molecular weight excluding hydrogens is 284 g/mol. The summed E-state index contributed by atoms with van der Waals surface area (Å²) < 4.78 is 6.08. The number of esters is 1. The highest BCUT2D eigenvalue weighted by Gasteiger charge is 2.43. The van der Waals surface area contributed by atoms with Gasteiger partial charge in [-0.25, -0.2) is 4.68 Å². The molecule has 0 fully saturated rings. The molecule has 1 aromatic heterocycles. The van der Waals surface area contributed by atoms with Crippen LogP contribution in [0.15, 0.2) is 6.07 Å². The van der Waals surface area contributed by atoms with Gasteiger partial charge in [0.1, 0.15) is 0 Å². The number of nitrogens with zero attached hydrogens (tertiary/aromatic N) is 4. The van der Waals surface area contributed by atoms with Crippen molar-refractivity contribution in [2.45, 2.75) is 34.1 Å². The molecule has 0 unspecified atom stereocenters. The normalized spacial score (nSPS) is 12.1. The molecule has 0 aliphatic carbocycles.